The van der Waals surface area contributed by atoms with Gasteiger partial charge in [0.2, 0.25) is 0 Å². The first-order valence-corrected chi connectivity index (χ1v) is 8.40. The van der Waals surface area contributed by atoms with Crippen LogP contribution in [0.2, 0.25) is 0 Å². The number of nitrogens with zero attached hydrogens (tertiary/aromatic N) is 2. The fourth-order valence-corrected chi connectivity index (χ4v) is 2.86. The fraction of sp³-hybridized carbons (Fsp3) is 0.167. The summed E-state index contributed by atoms with van der Waals surface area (Å²) in [6, 6.07) is 11.4. The van der Waals surface area contributed by atoms with Gasteiger partial charge in [-0.2, -0.15) is 0 Å². The van der Waals surface area contributed by atoms with E-state index in [4.69, 9.17) is 4.74 Å². The third-order valence-electron chi connectivity index (χ3n) is 3.38. The zero-order valence-corrected chi connectivity index (χ0v) is 14.2. The Labute approximate surface area is 144 Å². The lowest BCUT2D eigenvalue weighted by Crippen LogP contribution is -2.30. The number of ether oxygens (including phenoxy) is 1. The molecule has 6 heteroatoms. The number of aromatic nitrogens is 2. The van der Waals surface area contributed by atoms with E-state index in [9.17, 15) is 4.79 Å². The van der Waals surface area contributed by atoms with Gasteiger partial charge in [-0.1, -0.05) is 12.1 Å². The zero-order chi connectivity index (χ0) is 16.9. The van der Waals surface area contributed by atoms with E-state index in [-0.39, 0.29) is 5.91 Å². The highest BCUT2D eigenvalue weighted by atomic mass is 32.1. The van der Waals surface area contributed by atoms with Crippen LogP contribution in [0, 0.1) is 6.92 Å². The molecule has 0 fully saturated rings. The highest BCUT2D eigenvalue weighted by molar-refractivity contribution is 7.14. The molecule has 0 saturated carbocycles. The van der Waals surface area contributed by atoms with E-state index in [0.717, 1.165) is 16.8 Å². The number of pyridine rings is 1. The summed E-state index contributed by atoms with van der Waals surface area (Å²) in [6.07, 6.45) is 2.81. The van der Waals surface area contributed by atoms with Crippen LogP contribution in [0.3, 0.4) is 0 Å². The smallest absolute Gasteiger partial charge is 0.266 e. The van der Waals surface area contributed by atoms with Gasteiger partial charge in [0.05, 0.1) is 5.69 Å². The number of carbonyl (C=O) groups excluding carboxylic acids is 1. The van der Waals surface area contributed by atoms with Crippen molar-refractivity contribution in [3.63, 3.8) is 0 Å². The second kappa shape index (κ2) is 7.23. The zero-order valence-electron chi connectivity index (χ0n) is 13.4. The predicted octanol–water partition coefficient (Wildman–Crippen LogP) is 3.92. The van der Waals surface area contributed by atoms with E-state index < -0.39 is 6.10 Å². The number of benzene rings is 1. The van der Waals surface area contributed by atoms with Crippen molar-refractivity contribution < 1.29 is 9.53 Å². The van der Waals surface area contributed by atoms with Crippen molar-refractivity contribution >= 4 is 22.4 Å². The Morgan fingerprint density at radius 3 is 2.79 bits per heavy atom. The molecule has 24 heavy (non-hydrogen) atoms. The van der Waals surface area contributed by atoms with Crippen molar-refractivity contribution in [1.29, 1.82) is 0 Å². The highest BCUT2D eigenvalue weighted by Gasteiger charge is 2.16. The predicted molar refractivity (Wildman–Crippen MR) is 95.2 cm³/mol. The van der Waals surface area contributed by atoms with Gasteiger partial charge in [-0.25, -0.2) is 4.98 Å². The van der Waals surface area contributed by atoms with Crippen molar-refractivity contribution in [3.8, 4) is 17.0 Å². The molecule has 1 aromatic carbocycles. The minimum absolute atomic E-state index is 0.230. The highest BCUT2D eigenvalue weighted by Crippen LogP contribution is 2.24. The van der Waals surface area contributed by atoms with E-state index in [1.807, 2.05) is 48.7 Å². The van der Waals surface area contributed by atoms with Crippen LogP contribution in [0.15, 0.2) is 54.2 Å². The van der Waals surface area contributed by atoms with Crippen molar-refractivity contribution in [2.45, 2.75) is 20.0 Å². The molecule has 3 rings (SSSR count). The Hall–Kier alpha value is -2.73. The molecule has 0 bridgehead atoms. The van der Waals surface area contributed by atoms with E-state index >= 15 is 0 Å². The molecule has 2 aromatic heterocycles. The minimum Gasteiger partial charge on any atom is -0.481 e. The molecule has 1 amide bonds. The Morgan fingerprint density at radius 1 is 1.25 bits per heavy atom. The van der Waals surface area contributed by atoms with Crippen LogP contribution in [-0.4, -0.2) is 22.0 Å². The summed E-state index contributed by atoms with van der Waals surface area (Å²) in [4.78, 5) is 20.7. The second-order valence-corrected chi connectivity index (χ2v) is 6.20. The van der Waals surface area contributed by atoms with Gasteiger partial charge < -0.3 is 4.74 Å². The fourth-order valence-electron chi connectivity index (χ4n) is 2.14. The van der Waals surface area contributed by atoms with Crippen LogP contribution in [0.5, 0.6) is 5.75 Å². The number of rotatable bonds is 5. The van der Waals surface area contributed by atoms with Gasteiger partial charge >= 0.3 is 0 Å². The molecule has 0 spiro atoms. The number of anilines is 1. The maximum Gasteiger partial charge on any atom is 0.266 e. The van der Waals surface area contributed by atoms with Gasteiger partial charge in [-0.15, -0.1) is 11.3 Å². The molecule has 122 valence electrons. The van der Waals surface area contributed by atoms with Crippen LogP contribution in [0.4, 0.5) is 5.13 Å². The average Bonchev–Trinajstić information content (AvgIpc) is 3.04. The molecule has 1 atom stereocenters. The van der Waals surface area contributed by atoms with Gasteiger partial charge in [0.1, 0.15) is 5.75 Å². The van der Waals surface area contributed by atoms with Crippen LogP contribution >= 0.6 is 11.3 Å². The van der Waals surface area contributed by atoms with Gasteiger partial charge in [-0.05, 0) is 43.7 Å². The number of hydrogen-bond donors (Lipinski definition) is 1. The van der Waals surface area contributed by atoms with Crippen molar-refractivity contribution in [3.05, 3.63) is 59.7 Å². The lowest BCUT2D eigenvalue weighted by atomic mass is 10.2. The van der Waals surface area contributed by atoms with Gasteiger partial charge in [0, 0.05) is 23.3 Å². The number of aryl methyl sites for hydroxylation is 1. The number of hydrogen-bond acceptors (Lipinski definition) is 5. The van der Waals surface area contributed by atoms with Crippen LogP contribution in [0.1, 0.15) is 12.5 Å². The molecule has 0 aliphatic carbocycles. The second-order valence-electron chi connectivity index (χ2n) is 5.34. The largest absolute Gasteiger partial charge is 0.481 e. The first-order chi connectivity index (χ1) is 11.6. The topological polar surface area (TPSA) is 64.1 Å². The van der Waals surface area contributed by atoms with Gasteiger partial charge in [0.25, 0.3) is 5.91 Å². The molecule has 2 heterocycles. The SMILES string of the molecule is Cc1cccc(O[C@@H](C)C(=O)Nc2nc(-c3ccncc3)cs2)c1. The lowest BCUT2D eigenvalue weighted by molar-refractivity contribution is -0.122. The number of thiazole rings is 1. The third kappa shape index (κ3) is 3.97. The first-order valence-electron chi connectivity index (χ1n) is 7.52. The normalized spacial score (nSPS) is 11.8. The molecule has 0 radical (unpaired) electrons. The molecule has 1 N–H and O–H groups in total. The summed E-state index contributed by atoms with van der Waals surface area (Å²) in [5, 5.41) is 5.24. The molecule has 5 nitrogen and oxygen atoms in total. The summed E-state index contributed by atoms with van der Waals surface area (Å²) >= 11 is 1.38. The van der Waals surface area contributed by atoms with Crippen molar-refractivity contribution in [2.75, 3.05) is 5.32 Å². The maximum absolute atomic E-state index is 12.3. The summed E-state index contributed by atoms with van der Waals surface area (Å²) in [7, 11) is 0. The van der Waals surface area contributed by atoms with E-state index in [0.29, 0.717) is 10.9 Å². The van der Waals surface area contributed by atoms with Crippen LogP contribution < -0.4 is 10.1 Å². The third-order valence-corrected chi connectivity index (χ3v) is 4.14. The van der Waals surface area contributed by atoms with Crippen LogP contribution in [-0.2, 0) is 4.79 Å². The quantitative estimate of drug-likeness (QED) is 0.765. The van der Waals surface area contributed by atoms with E-state index in [1.54, 1.807) is 19.3 Å². The number of carbonyl (C=O) groups is 1. The summed E-state index contributed by atoms with van der Waals surface area (Å²) < 4.78 is 5.68. The summed E-state index contributed by atoms with van der Waals surface area (Å²) in [5.41, 5.74) is 2.86. The molecule has 0 saturated heterocycles. The van der Waals surface area contributed by atoms with Gasteiger partial charge in [0.15, 0.2) is 11.2 Å². The van der Waals surface area contributed by atoms with Gasteiger partial charge in [-0.3, -0.25) is 15.1 Å². The molecule has 0 aliphatic rings. The first kappa shape index (κ1) is 16.1. The Morgan fingerprint density at radius 2 is 2.04 bits per heavy atom. The van der Waals surface area contributed by atoms with E-state index in [1.165, 1.54) is 11.3 Å². The molecular formula is C18H17N3O2S. The molecule has 0 unspecified atom stereocenters. The number of amides is 1. The van der Waals surface area contributed by atoms with Crippen molar-refractivity contribution in [2.24, 2.45) is 0 Å². The monoisotopic (exact) mass is 339 g/mol. The molecular weight excluding hydrogens is 322 g/mol. The average molecular weight is 339 g/mol. The summed E-state index contributed by atoms with van der Waals surface area (Å²) in [6.45, 7) is 3.70. The van der Waals surface area contributed by atoms with Crippen molar-refractivity contribution in [1.82, 2.24) is 9.97 Å². The Balaban J connectivity index is 1.63. The van der Waals surface area contributed by atoms with E-state index in [2.05, 4.69) is 15.3 Å². The summed E-state index contributed by atoms with van der Waals surface area (Å²) in [5.74, 6) is 0.446. The Kier molecular flexibility index (Phi) is 4.86. The molecule has 3 aromatic rings. The standard InChI is InChI=1S/C18H17N3O2S/c1-12-4-3-5-15(10-12)23-13(2)17(22)21-18-20-16(11-24-18)14-6-8-19-9-7-14/h3-11,13H,1-2H3,(H,20,21,22)/t13-/m0/s1. The van der Waals surface area contributed by atoms with Crippen LogP contribution in [0.25, 0.3) is 11.3 Å². The lowest BCUT2D eigenvalue weighted by Gasteiger charge is -2.14. The number of nitrogens with one attached hydrogen (secondary N) is 1. The Bertz CT molecular complexity index is 833. The maximum atomic E-state index is 12.3. The minimum atomic E-state index is -0.611. The molecule has 0 aliphatic heterocycles.